The molecule has 2 aromatic rings. The second kappa shape index (κ2) is 6.74. The zero-order valence-corrected chi connectivity index (χ0v) is 13.9. The van der Waals surface area contributed by atoms with Crippen molar-refractivity contribution in [2.75, 3.05) is 27.3 Å². The van der Waals surface area contributed by atoms with Crippen molar-refractivity contribution in [2.24, 2.45) is 0 Å². The first-order chi connectivity index (χ1) is 11.1. The summed E-state index contributed by atoms with van der Waals surface area (Å²) in [6.07, 6.45) is -0.173. The Labute approximate surface area is 138 Å². The van der Waals surface area contributed by atoms with Gasteiger partial charge in [0.15, 0.2) is 11.5 Å². The van der Waals surface area contributed by atoms with E-state index >= 15 is 0 Å². The first-order valence-corrected chi connectivity index (χ1v) is 7.62. The molecule has 0 radical (unpaired) electrons. The summed E-state index contributed by atoms with van der Waals surface area (Å²) in [5, 5.41) is 7.64. The molecular formula is C15H18ClN3O4. The molecule has 1 aromatic carbocycles. The van der Waals surface area contributed by atoms with Crippen molar-refractivity contribution < 1.29 is 18.7 Å². The van der Waals surface area contributed by atoms with E-state index in [0.29, 0.717) is 40.3 Å². The fraction of sp³-hybridized carbons (Fsp3) is 0.467. The molecule has 0 saturated carbocycles. The van der Waals surface area contributed by atoms with Crippen LogP contribution in [0.15, 0.2) is 16.7 Å². The zero-order valence-electron chi connectivity index (χ0n) is 13.1. The minimum absolute atomic E-state index is 0.0915. The van der Waals surface area contributed by atoms with Crippen molar-refractivity contribution in [2.45, 2.75) is 19.1 Å². The van der Waals surface area contributed by atoms with Crippen LogP contribution in [0.5, 0.6) is 11.5 Å². The van der Waals surface area contributed by atoms with Gasteiger partial charge in [0, 0.05) is 18.7 Å². The first kappa shape index (κ1) is 16.0. The molecule has 0 amide bonds. The number of methoxy groups -OCH3 is 2. The van der Waals surface area contributed by atoms with E-state index in [1.807, 2.05) is 6.92 Å². The second-order valence-electron chi connectivity index (χ2n) is 5.21. The summed E-state index contributed by atoms with van der Waals surface area (Å²) in [5.41, 5.74) is 0.608. The number of morpholine rings is 1. The Balaban J connectivity index is 1.91. The molecule has 1 N–H and O–H groups in total. The smallest absolute Gasteiger partial charge is 0.257 e. The van der Waals surface area contributed by atoms with E-state index in [9.17, 15) is 0 Å². The van der Waals surface area contributed by atoms with E-state index < -0.39 is 0 Å². The molecule has 3 rings (SSSR count). The molecule has 1 aromatic heterocycles. The Morgan fingerprint density at radius 3 is 2.78 bits per heavy atom. The average Bonchev–Trinajstić information content (AvgIpc) is 3.04. The maximum absolute atomic E-state index is 6.38. The van der Waals surface area contributed by atoms with Crippen LogP contribution in [-0.2, 0) is 4.74 Å². The third kappa shape index (κ3) is 3.12. The summed E-state index contributed by atoms with van der Waals surface area (Å²) in [4.78, 5) is 4.41. The van der Waals surface area contributed by atoms with Crippen molar-refractivity contribution in [3.8, 4) is 22.9 Å². The highest BCUT2D eigenvalue weighted by Gasteiger charge is 2.27. The summed E-state index contributed by atoms with van der Waals surface area (Å²) < 4.78 is 21.6. The van der Waals surface area contributed by atoms with Crippen LogP contribution in [0.4, 0.5) is 0 Å². The second-order valence-corrected chi connectivity index (χ2v) is 5.59. The van der Waals surface area contributed by atoms with Crippen LogP contribution in [0.2, 0.25) is 5.02 Å². The summed E-state index contributed by atoms with van der Waals surface area (Å²) in [5.74, 6) is 1.78. The van der Waals surface area contributed by atoms with Gasteiger partial charge in [0.25, 0.3) is 5.89 Å². The normalized spacial score (nSPS) is 21.2. The van der Waals surface area contributed by atoms with Crippen molar-refractivity contribution in [1.29, 1.82) is 0 Å². The molecule has 0 aliphatic carbocycles. The zero-order chi connectivity index (χ0) is 16.4. The number of halogens is 1. The Kier molecular flexibility index (Phi) is 4.70. The summed E-state index contributed by atoms with van der Waals surface area (Å²) in [6, 6.07) is 3.51. The molecule has 124 valence electrons. The Bertz CT molecular complexity index is 691. The van der Waals surface area contributed by atoms with Gasteiger partial charge >= 0.3 is 0 Å². The monoisotopic (exact) mass is 339 g/mol. The van der Waals surface area contributed by atoms with Crippen molar-refractivity contribution in [3.63, 3.8) is 0 Å². The maximum atomic E-state index is 6.38. The minimum atomic E-state index is -0.265. The largest absolute Gasteiger partial charge is 0.493 e. The molecule has 0 bridgehead atoms. The number of aromatic nitrogens is 2. The predicted octanol–water partition coefficient (Wildman–Crippen LogP) is 2.46. The maximum Gasteiger partial charge on any atom is 0.257 e. The van der Waals surface area contributed by atoms with E-state index in [1.165, 1.54) is 7.11 Å². The molecule has 2 atom stereocenters. The van der Waals surface area contributed by atoms with Gasteiger partial charge < -0.3 is 24.1 Å². The standard InChI is InChI=1S/C15H18ClN3O4/c1-8-6-17-7-11(22-8)15-18-14(19-23-15)9-4-5-10(20-2)13(21-3)12(9)16/h4-5,8,11,17H,6-7H2,1-3H3/t8-,11-/m1/s1. The predicted molar refractivity (Wildman–Crippen MR) is 84.0 cm³/mol. The lowest BCUT2D eigenvalue weighted by Gasteiger charge is -2.25. The van der Waals surface area contributed by atoms with Crippen LogP contribution >= 0.6 is 11.6 Å². The van der Waals surface area contributed by atoms with Gasteiger partial charge in [0.1, 0.15) is 6.10 Å². The molecule has 0 spiro atoms. The molecule has 8 heteroatoms. The number of ether oxygens (including phenoxy) is 3. The number of benzene rings is 1. The fourth-order valence-corrected chi connectivity index (χ4v) is 2.80. The first-order valence-electron chi connectivity index (χ1n) is 7.24. The Morgan fingerprint density at radius 1 is 1.26 bits per heavy atom. The van der Waals surface area contributed by atoms with Crippen LogP contribution in [0, 0.1) is 0 Å². The number of nitrogens with one attached hydrogen (secondary N) is 1. The minimum Gasteiger partial charge on any atom is -0.493 e. The third-order valence-electron chi connectivity index (χ3n) is 3.60. The van der Waals surface area contributed by atoms with E-state index in [1.54, 1.807) is 19.2 Å². The number of nitrogens with zero attached hydrogens (tertiary/aromatic N) is 2. The van der Waals surface area contributed by atoms with Crippen molar-refractivity contribution in [1.82, 2.24) is 15.5 Å². The van der Waals surface area contributed by atoms with Crippen LogP contribution in [0.3, 0.4) is 0 Å². The molecule has 23 heavy (non-hydrogen) atoms. The molecule has 1 aliphatic heterocycles. The van der Waals surface area contributed by atoms with Gasteiger partial charge in [-0.3, -0.25) is 0 Å². The lowest BCUT2D eigenvalue weighted by Crippen LogP contribution is -2.39. The summed E-state index contributed by atoms with van der Waals surface area (Å²) >= 11 is 6.38. The quantitative estimate of drug-likeness (QED) is 0.916. The molecule has 2 heterocycles. The topological polar surface area (TPSA) is 78.6 Å². The highest BCUT2D eigenvalue weighted by Crippen LogP contribution is 2.41. The lowest BCUT2D eigenvalue weighted by molar-refractivity contribution is -0.0438. The van der Waals surface area contributed by atoms with Crippen LogP contribution in [-0.4, -0.2) is 43.6 Å². The van der Waals surface area contributed by atoms with Crippen molar-refractivity contribution >= 4 is 11.6 Å². The highest BCUT2D eigenvalue weighted by molar-refractivity contribution is 6.35. The van der Waals surface area contributed by atoms with Crippen LogP contribution in [0.1, 0.15) is 18.9 Å². The van der Waals surface area contributed by atoms with Gasteiger partial charge in [-0.1, -0.05) is 16.8 Å². The molecule has 1 aliphatic rings. The molecule has 7 nitrogen and oxygen atoms in total. The molecule has 1 fully saturated rings. The summed E-state index contributed by atoms with van der Waals surface area (Å²) in [7, 11) is 3.08. The molecule has 0 unspecified atom stereocenters. The van der Waals surface area contributed by atoms with E-state index in [0.717, 1.165) is 6.54 Å². The van der Waals surface area contributed by atoms with Gasteiger partial charge in [0.05, 0.1) is 25.3 Å². The van der Waals surface area contributed by atoms with E-state index in [4.69, 9.17) is 30.3 Å². The Morgan fingerprint density at radius 2 is 2.09 bits per heavy atom. The van der Waals surface area contributed by atoms with Gasteiger partial charge in [-0.05, 0) is 19.1 Å². The average molecular weight is 340 g/mol. The van der Waals surface area contributed by atoms with E-state index in [2.05, 4.69) is 15.5 Å². The SMILES string of the molecule is COc1ccc(-c2noc([C@H]3CNC[C@@H](C)O3)n2)c(Cl)c1OC. The number of hydrogen-bond donors (Lipinski definition) is 1. The van der Waals surface area contributed by atoms with E-state index in [-0.39, 0.29) is 12.2 Å². The van der Waals surface area contributed by atoms with Crippen LogP contribution in [0.25, 0.3) is 11.4 Å². The van der Waals surface area contributed by atoms with Crippen LogP contribution < -0.4 is 14.8 Å². The molecular weight excluding hydrogens is 322 g/mol. The lowest BCUT2D eigenvalue weighted by atomic mass is 10.2. The van der Waals surface area contributed by atoms with Gasteiger partial charge in [-0.15, -0.1) is 0 Å². The van der Waals surface area contributed by atoms with Crippen molar-refractivity contribution in [3.05, 3.63) is 23.0 Å². The highest BCUT2D eigenvalue weighted by atomic mass is 35.5. The molecule has 1 saturated heterocycles. The summed E-state index contributed by atoms with van der Waals surface area (Å²) in [6.45, 7) is 3.42. The Hall–Kier alpha value is -1.83. The van der Waals surface area contributed by atoms with Gasteiger partial charge in [-0.2, -0.15) is 4.98 Å². The third-order valence-corrected chi connectivity index (χ3v) is 3.98. The van der Waals surface area contributed by atoms with Gasteiger partial charge in [-0.25, -0.2) is 0 Å². The number of hydrogen-bond acceptors (Lipinski definition) is 7. The fourth-order valence-electron chi connectivity index (χ4n) is 2.48. The van der Waals surface area contributed by atoms with Gasteiger partial charge in [0.2, 0.25) is 5.82 Å². The number of rotatable bonds is 4.